The Bertz CT molecular complexity index is 971. The largest absolute Gasteiger partial charge is 0.481 e. The summed E-state index contributed by atoms with van der Waals surface area (Å²) in [7, 11) is 1.43. The molecule has 2 aliphatic rings. The average molecular weight is 454 g/mol. The van der Waals surface area contributed by atoms with Gasteiger partial charge in [0.2, 0.25) is 0 Å². The summed E-state index contributed by atoms with van der Waals surface area (Å²) in [4.78, 5) is 53.2. The molecule has 2 atom stereocenters. The molecule has 1 fully saturated rings. The summed E-state index contributed by atoms with van der Waals surface area (Å²) in [6.07, 6.45) is 0.774. The third-order valence-electron chi connectivity index (χ3n) is 4.38. The maximum absolute atomic E-state index is 12.8. The Hall–Kier alpha value is -2.90. The molecule has 160 valence electrons. The molecule has 13 heteroatoms. The summed E-state index contributed by atoms with van der Waals surface area (Å²) >= 11 is 2.39. The molecule has 0 spiro atoms. The highest BCUT2D eigenvalue weighted by Gasteiger charge is 2.54. The van der Waals surface area contributed by atoms with Crippen LogP contribution in [0.15, 0.2) is 22.7 Å². The van der Waals surface area contributed by atoms with Gasteiger partial charge in [0, 0.05) is 18.2 Å². The Labute approximate surface area is 178 Å². The molecular weight excluding hydrogens is 436 g/mol. The zero-order chi connectivity index (χ0) is 22.0. The van der Waals surface area contributed by atoms with Crippen LogP contribution in [0, 0.1) is 0 Å². The fraction of sp³-hybridized carbons (Fsp3) is 0.353. The number of amides is 2. The van der Waals surface area contributed by atoms with Crippen molar-refractivity contribution in [1.82, 2.24) is 15.2 Å². The number of thiazole rings is 1. The number of nitrogens with zero attached hydrogens (tertiary/aromatic N) is 2. The van der Waals surface area contributed by atoms with Crippen molar-refractivity contribution in [3.63, 3.8) is 0 Å². The van der Waals surface area contributed by atoms with Gasteiger partial charge in [-0.25, -0.2) is 9.78 Å². The number of aliphatic carboxylic acids is 2. The van der Waals surface area contributed by atoms with Crippen molar-refractivity contribution in [3.8, 4) is 0 Å². The molecule has 5 N–H and O–H groups in total. The van der Waals surface area contributed by atoms with E-state index in [-0.39, 0.29) is 28.7 Å². The van der Waals surface area contributed by atoms with Crippen molar-refractivity contribution >= 4 is 57.6 Å². The summed E-state index contributed by atoms with van der Waals surface area (Å²) in [5.41, 5.74) is 6.12. The molecule has 2 amide bonds. The van der Waals surface area contributed by atoms with E-state index in [0.717, 1.165) is 16.2 Å². The molecule has 30 heavy (non-hydrogen) atoms. The van der Waals surface area contributed by atoms with E-state index in [0.29, 0.717) is 11.3 Å². The lowest BCUT2D eigenvalue weighted by molar-refractivity contribution is -0.150. The first-order chi connectivity index (χ1) is 14.2. The number of fused-ring (bicyclic) bond motifs is 1. The highest BCUT2D eigenvalue weighted by molar-refractivity contribution is 8.00. The van der Waals surface area contributed by atoms with E-state index in [2.05, 4.69) is 10.3 Å². The monoisotopic (exact) mass is 454 g/mol. The van der Waals surface area contributed by atoms with Crippen LogP contribution in [0.5, 0.6) is 0 Å². The highest BCUT2D eigenvalue weighted by atomic mass is 32.2. The van der Waals surface area contributed by atoms with E-state index < -0.39 is 41.6 Å². The molecule has 3 heterocycles. The SMILES string of the molecule is COCC1=C(C(=O)O)N2C(=O)[C@@H](NC(=O)/C(=C/CC(=O)O)c3csc(N)n3)[C@H]2SC1. The topological polar surface area (TPSA) is 172 Å². The van der Waals surface area contributed by atoms with E-state index in [9.17, 15) is 24.3 Å². The van der Waals surface area contributed by atoms with Crippen LogP contribution < -0.4 is 11.1 Å². The second-order valence-corrected chi connectivity index (χ2v) is 8.33. The number of thioether (sulfide) groups is 1. The summed E-state index contributed by atoms with van der Waals surface area (Å²) < 4.78 is 5.01. The molecule has 0 aromatic carbocycles. The van der Waals surface area contributed by atoms with Crippen LogP contribution in [0.25, 0.3) is 5.57 Å². The number of nitrogens with two attached hydrogens (primary N) is 1. The molecule has 0 bridgehead atoms. The van der Waals surface area contributed by atoms with Gasteiger partial charge >= 0.3 is 11.9 Å². The molecule has 3 rings (SSSR count). The maximum atomic E-state index is 12.8. The predicted octanol–water partition coefficient (Wildman–Crippen LogP) is -0.0316. The van der Waals surface area contributed by atoms with Crippen LogP contribution in [0.2, 0.25) is 0 Å². The number of β-lactam (4-membered cyclic amide) rings is 1. The molecule has 0 saturated carbocycles. The number of nitrogens with one attached hydrogen (secondary N) is 1. The van der Waals surface area contributed by atoms with E-state index in [1.807, 2.05) is 0 Å². The number of anilines is 1. The number of carbonyl (C=O) groups is 4. The van der Waals surface area contributed by atoms with Gasteiger partial charge in [-0.3, -0.25) is 19.3 Å². The highest BCUT2D eigenvalue weighted by Crippen LogP contribution is 2.40. The quantitative estimate of drug-likeness (QED) is 0.309. The van der Waals surface area contributed by atoms with Gasteiger partial charge < -0.3 is 26.0 Å². The number of methoxy groups -OCH3 is 1. The number of hydrogen-bond acceptors (Lipinski definition) is 9. The van der Waals surface area contributed by atoms with Crippen LogP contribution in [-0.4, -0.2) is 74.7 Å². The number of hydrogen-bond donors (Lipinski definition) is 4. The molecule has 0 radical (unpaired) electrons. The lowest BCUT2D eigenvalue weighted by Gasteiger charge is -2.49. The average Bonchev–Trinajstić information content (AvgIpc) is 3.11. The van der Waals surface area contributed by atoms with Gasteiger partial charge in [-0.05, 0) is 5.57 Å². The third kappa shape index (κ3) is 4.17. The Morgan fingerprint density at radius 1 is 1.43 bits per heavy atom. The van der Waals surface area contributed by atoms with Crippen LogP contribution in [0.4, 0.5) is 5.13 Å². The minimum absolute atomic E-state index is 0.0218. The zero-order valence-electron chi connectivity index (χ0n) is 15.7. The van der Waals surface area contributed by atoms with Gasteiger partial charge in [-0.1, -0.05) is 6.08 Å². The number of carboxylic acid groups (broad SMARTS) is 2. The summed E-state index contributed by atoms with van der Waals surface area (Å²) in [6, 6.07) is -0.954. The molecule has 1 aromatic heterocycles. The van der Waals surface area contributed by atoms with E-state index in [1.165, 1.54) is 30.3 Å². The Balaban J connectivity index is 1.80. The Kier molecular flexibility index (Phi) is 6.43. The number of carboxylic acids is 2. The Morgan fingerprint density at radius 2 is 2.17 bits per heavy atom. The van der Waals surface area contributed by atoms with Gasteiger partial charge in [0.15, 0.2) is 5.13 Å². The molecule has 0 unspecified atom stereocenters. The van der Waals surface area contributed by atoms with Gasteiger partial charge in [-0.2, -0.15) is 0 Å². The number of carbonyl (C=O) groups excluding carboxylic acids is 2. The number of aromatic nitrogens is 1. The van der Waals surface area contributed by atoms with Gasteiger partial charge in [0.05, 0.1) is 24.3 Å². The maximum Gasteiger partial charge on any atom is 0.352 e. The standard InChI is InChI=1S/C17H18N4O7S2/c1-28-4-7-5-29-15-11(14(25)21(15)12(7)16(26)27)20-13(24)8(2-3-10(22)23)9-6-30-17(18)19-9/h2,6,11,15H,3-5H2,1H3,(H2,18,19)(H,20,24)(H,22,23)(H,26,27)/b8-2+/t11-,15-/m1/s1. The Morgan fingerprint density at radius 3 is 2.73 bits per heavy atom. The lowest BCUT2D eigenvalue weighted by Crippen LogP contribution is -2.70. The van der Waals surface area contributed by atoms with E-state index in [4.69, 9.17) is 15.6 Å². The van der Waals surface area contributed by atoms with Crippen molar-refractivity contribution in [2.45, 2.75) is 17.8 Å². The van der Waals surface area contributed by atoms with Crippen molar-refractivity contribution in [3.05, 3.63) is 28.4 Å². The number of ether oxygens (including phenoxy) is 1. The second-order valence-electron chi connectivity index (χ2n) is 6.34. The fourth-order valence-electron chi connectivity index (χ4n) is 3.10. The second kappa shape index (κ2) is 8.85. The molecule has 2 aliphatic heterocycles. The fourth-order valence-corrected chi connectivity index (χ4v) is 4.99. The zero-order valence-corrected chi connectivity index (χ0v) is 17.3. The van der Waals surface area contributed by atoms with Crippen LogP contribution in [0.3, 0.4) is 0 Å². The normalized spacial score (nSPS) is 21.2. The molecule has 1 aromatic rings. The first-order valence-electron chi connectivity index (χ1n) is 8.57. The lowest BCUT2D eigenvalue weighted by atomic mass is 10.0. The minimum Gasteiger partial charge on any atom is -0.481 e. The third-order valence-corrected chi connectivity index (χ3v) is 6.39. The van der Waals surface area contributed by atoms with E-state index in [1.54, 1.807) is 0 Å². The predicted molar refractivity (Wildman–Crippen MR) is 108 cm³/mol. The first kappa shape index (κ1) is 21.8. The molecule has 11 nitrogen and oxygen atoms in total. The number of nitrogen functional groups attached to an aromatic ring is 1. The van der Waals surface area contributed by atoms with Crippen molar-refractivity contribution in [1.29, 1.82) is 0 Å². The molecule has 0 aliphatic carbocycles. The van der Waals surface area contributed by atoms with Crippen molar-refractivity contribution < 1.29 is 34.1 Å². The van der Waals surface area contributed by atoms with Crippen molar-refractivity contribution in [2.24, 2.45) is 0 Å². The van der Waals surface area contributed by atoms with Crippen LogP contribution in [0.1, 0.15) is 12.1 Å². The van der Waals surface area contributed by atoms with Crippen LogP contribution >= 0.6 is 23.1 Å². The smallest absolute Gasteiger partial charge is 0.352 e. The first-order valence-corrected chi connectivity index (χ1v) is 10.5. The van der Waals surface area contributed by atoms with Gasteiger partial charge in [-0.15, -0.1) is 23.1 Å². The summed E-state index contributed by atoms with van der Waals surface area (Å²) in [5.74, 6) is -3.31. The molecule has 1 saturated heterocycles. The number of rotatable bonds is 8. The van der Waals surface area contributed by atoms with Gasteiger partial charge in [0.25, 0.3) is 11.8 Å². The van der Waals surface area contributed by atoms with Crippen molar-refractivity contribution in [2.75, 3.05) is 25.2 Å². The minimum atomic E-state index is -1.24. The van der Waals surface area contributed by atoms with Crippen LogP contribution in [-0.2, 0) is 23.9 Å². The molecular formula is C17H18N4O7S2. The van der Waals surface area contributed by atoms with Gasteiger partial charge in [0.1, 0.15) is 17.1 Å². The summed E-state index contributed by atoms with van der Waals surface area (Å²) in [6.45, 7) is 0.0789. The van der Waals surface area contributed by atoms with E-state index >= 15 is 0 Å². The summed E-state index contributed by atoms with van der Waals surface area (Å²) in [5, 5.41) is 22.1.